The number of methoxy groups -OCH3 is 1. The number of anilines is 1. The molecule has 8 heteroatoms. The fourth-order valence-corrected chi connectivity index (χ4v) is 3.66. The number of thiazole rings is 1. The van der Waals surface area contributed by atoms with Gasteiger partial charge >= 0.3 is 5.97 Å². The lowest BCUT2D eigenvalue weighted by atomic mass is 9.99. The topological polar surface area (TPSA) is 89.5 Å². The molecule has 138 valence electrons. The second kappa shape index (κ2) is 8.77. The van der Waals surface area contributed by atoms with E-state index in [9.17, 15) is 9.59 Å². The van der Waals surface area contributed by atoms with Crippen LogP contribution >= 0.6 is 11.3 Å². The summed E-state index contributed by atoms with van der Waals surface area (Å²) in [6.45, 7) is 1.84. The first kappa shape index (κ1) is 18.3. The summed E-state index contributed by atoms with van der Waals surface area (Å²) in [6, 6.07) is 6.82. The number of carbonyl (C=O) groups excluding carboxylic acids is 2. The van der Waals surface area contributed by atoms with Crippen LogP contribution < -0.4 is 15.4 Å². The number of piperidine rings is 1. The lowest BCUT2D eigenvalue weighted by Crippen LogP contribution is -2.26. The maximum absolute atomic E-state index is 12.4. The molecule has 1 aromatic carbocycles. The van der Waals surface area contributed by atoms with Crippen LogP contribution in [0.4, 0.5) is 5.69 Å². The molecule has 1 aromatic heterocycles. The predicted molar refractivity (Wildman–Crippen MR) is 98.9 cm³/mol. The maximum atomic E-state index is 12.4. The molecule has 0 atom stereocenters. The molecule has 1 aliphatic heterocycles. The smallest absolute Gasteiger partial charge is 0.343 e. The lowest BCUT2D eigenvalue weighted by Gasteiger charge is -2.20. The summed E-state index contributed by atoms with van der Waals surface area (Å²) in [5.41, 5.74) is 0.650. The minimum Gasteiger partial charge on any atom is -0.482 e. The minimum absolute atomic E-state index is 0.150. The zero-order valence-corrected chi connectivity index (χ0v) is 15.3. The molecule has 2 heterocycles. The van der Waals surface area contributed by atoms with E-state index >= 15 is 0 Å². The number of amides is 1. The van der Waals surface area contributed by atoms with Crippen molar-refractivity contribution in [2.24, 2.45) is 0 Å². The van der Waals surface area contributed by atoms with Gasteiger partial charge in [0.15, 0.2) is 6.61 Å². The van der Waals surface area contributed by atoms with Gasteiger partial charge in [-0.25, -0.2) is 9.78 Å². The zero-order valence-electron chi connectivity index (χ0n) is 14.5. The van der Waals surface area contributed by atoms with E-state index in [4.69, 9.17) is 4.74 Å². The Bertz CT molecular complexity index is 754. The number of carbonyl (C=O) groups is 2. The molecule has 3 rings (SSSR count). The average Bonchev–Trinajstić information content (AvgIpc) is 3.18. The van der Waals surface area contributed by atoms with Crippen LogP contribution in [0.25, 0.3) is 0 Å². The fraction of sp³-hybridized carbons (Fsp3) is 0.389. The maximum Gasteiger partial charge on any atom is 0.343 e. The fourth-order valence-electron chi connectivity index (χ4n) is 2.68. The van der Waals surface area contributed by atoms with E-state index in [1.54, 1.807) is 30.5 Å². The summed E-state index contributed by atoms with van der Waals surface area (Å²) in [5.74, 6) is 0.344. The number of esters is 1. The van der Waals surface area contributed by atoms with Gasteiger partial charge in [0.1, 0.15) is 10.6 Å². The summed E-state index contributed by atoms with van der Waals surface area (Å²) >= 11 is 1.46. The number of ether oxygens (including phenoxy) is 2. The molecule has 7 nitrogen and oxygen atoms in total. The van der Waals surface area contributed by atoms with Crippen molar-refractivity contribution in [2.45, 2.75) is 18.8 Å². The summed E-state index contributed by atoms with van der Waals surface area (Å²) < 4.78 is 9.79. The van der Waals surface area contributed by atoms with Gasteiger partial charge in [-0.05, 0) is 50.2 Å². The highest BCUT2D eigenvalue weighted by Gasteiger charge is 2.20. The Morgan fingerprint density at radius 2 is 2.00 bits per heavy atom. The molecule has 1 amide bonds. The van der Waals surface area contributed by atoms with Crippen LogP contribution in [-0.4, -0.2) is 43.7 Å². The number of aromatic nitrogens is 1. The van der Waals surface area contributed by atoms with E-state index in [1.807, 2.05) is 0 Å². The lowest BCUT2D eigenvalue weighted by molar-refractivity contribution is -0.142. The monoisotopic (exact) mass is 375 g/mol. The van der Waals surface area contributed by atoms with Crippen LogP contribution in [0.5, 0.6) is 5.75 Å². The first-order valence-electron chi connectivity index (χ1n) is 8.43. The van der Waals surface area contributed by atoms with E-state index in [0.29, 0.717) is 22.2 Å². The van der Waals surface area contributed by atoms with E-state index in [0.717, 1.165) is 30.9 Å². The quantitative estimate of drug-likeness (QED) is 0.754. The normalized spacial score (nSPS) is 14.7. The van der Waals surface area contributed by atoms with Gasteiger partial charge in [0.25, 0.3) is 5.91 Å². The largest absolute Gasteiger partial charge is 0.482 e. The Morgan fingerprint density at radius 3 is 2.69 bits per heavy atom. The van der Waals surface area contributed by atoms with Gasteiger partial charge in [-0.3, -0.25) is 4.79 Å². The van der Waals surface area contributed by atoms with Crippen molar-refractivity contribution in [2.75, 3.05) is 32.1 Å². The van der Waals surface area contributed by atoms with Crippen LogP contribution in [0, 0.1) is 0 Å². The molecule has 2 aromatic rings. The molecule has 2 N–H and O–H groups in total. The van der Waals surface area contributed by atoms with Crippen molar-refractivity contribution in [3.63, 3.8) is 0 Å². The van der Waals surface area contributed by atoms with Crippen LogP contribution in [-0.2, 0) is 9.53 Å². The van der Waals surface area contributed by atoms with Crippen LogP contribution in [0.1, 0.15) is 33.4 Å². The molecule has 1 aliphatic rings. The van der Waals surface area contributed by atoms with Gasteiger partial charge in [-0.2, -0.15) is 0 Å². The van der Waals surface area contributed by atoms with E-state index in [-0.39, 0.29) is 12.5 Å². The Kier molecular flexibility index (Phi) is 6.19. The SMILES string of the molecule is COC(=O)COc1ccc(NC(=O)c2cnc(C3CCNCC3)s2)cc1. The van der Waals surface area contributed by atoms with Gasteiger partial charge in [0.2, 0.25) is 0 Å². The van der Waals surface area contributed by atoms with Crippen LogP contribution in [0.2, 0.25) is 0 Å². The molecule has 0 saturated carbocycles. The highest BCUT2D eigenvalue weighted by atomic mass is 32.1. The number of benzene rings is 1. The highest BCUT2D eigenvalue weighted by Crippen LogP contribution is 2.29. The highest BCUT2D eigenvalue weighted by molar-refractivity contribution is 7.13. The number of rotatable bonds is 6. The average molecular weight is 375 g/mol. The molecule has 0 bridgehead atoms. The van der Waals surface area contributed by atoms with Gasteiger partial charge < -0.3 is 20.1 Å². The van der Waals surface area contributed by atoms with E-state index in [1.165, 1.54) is 18.4 Å². The summed E-state index contributed by atoms with van der Waals surface area (Å²) in [4.78, 5) is 28.5. The molecule has 0 radical (unpaired) electrons. The van der Waals surface area contributed by atoms with E-state index in [2.05, 4.69) is 20.4 Å². The molecule has 1 saturated heterocycles. The van der Waals surface area contributed by atoms with Crippen molar-refractivity contribution < 1.29 is 19.1 Å². The Labute approximate surface area is 155 Å². The van der Waals surface area contributed by atoms with Gasteiger partial charge in [0.05, 0.1) is 18.3 Å². The predicted octanol–water partition coefficient (Wildman–Crippen LogP) is 2.41. The van der Waals surface area contributed by atoms with Gasteiger partial charge in [-0.1, -0.05) is 0 Å². The van der Waals surface area contributed by atoms with Crippen molar-refractivity contribution in [3.05, 3.63) is 40.3 Å². The Morgan fingerprint density at radius 1 is 1.27 bits per heavy atom. The van der Waals surface area contributed by atoms with Crippen LogP contribution in [0.15, 0.2) is 30.5 Å². The molecule has 26 heavy (non-hydrogen) atoms. The zero-order chi connectivity index (χ0) is 18.4. The summed E-state index contributed by atoms with van der Waals surface area (Å²) in [6.07, 6.45) is 3.76. The third-order valence-corrected chi connectivity index (χ3v) is 5.29. The van der Waals surface area contributed by atoms with Crippen LogP contribution in [0.3, 0.4) is 0 Å². The van der Waals surface area contributed by atoms with Crippen molar-refractivity contribution in [1.82, 2.24) is 10.3 Å². The Balaban J connectivity index is 1.56. The molecule has 0 unspecified atom stereocenters. The standard InChI is InChI=1S/C18H21N3O4S/c1-24-16(22)11-25-14-4-2-13(3-5-14)21-17(23)15-10-20-18(26-15)12-6-8-19-9-7-12/h2-5,10,12,19H,6-9,11H2,1H3,(H,21,23). The molecule has 0 spiro atoms. The molecular weight excluding hydrogens is 354 g/mol. The summed E-state index contributed by atoms with van der Waals surface area (Å²) in [5, 5.41) is 7.21. The van der Waals surface area contributed by atoms with Crippen molar-refractivity contribution in [1.29, 1.82) is 0 Å². The minimum atomic E-state index is -0.447. The Hall–Kier alpha value is -2.45. The van der Waals surface area contributed by atoms with Crippen molar-refractivity contribution >= 4 is 28.9 Å². The molecular formula is C18H21N3O4S. The number of hydrogen-bond acceptors (Lipinski definition) is 7. The second-order valence-corrected chi connectivity index (χ2v) is 6.99. The first-order valence-corrected chi connectivity index (χ1v) is 9.25. The number of nitrogens with one attached hydrogen (secondary N) is 2. The summed E-state index contributed by atoms with van der Waals surface area (Å²) in [7, 11) is 1.31. The molecule has 1 fully saturated rings. The van der Waals surface area contributed by atoms with E-state index < -0.39 is 5.97 Å². The first-order chi connectivity index (χ1) is 12.7. The second-order valence-electron chi connectivity index (χ2n) is 5.93. The molecule has 0 aliphatic carbocycles. The third-order valence-electron chi connectivity index (χ3n) is 4.13. The number of nitrogens with zero attached hydrogens (tertiary/aromatic N) is 1. The third kappa shape index (κ3) is 4.80. The van der Waals surface area contributed by atoms with Gasteiger partial charge in [-0.15, -0.1) is 11.3 Å². The van der Waals surface area contributed by atoms with Gasteiger partial charge in [0, 0.05) is 11.6 Å². The van der Waals surface area contributed by atoms with Crippen molar-refractivity contribution in [3.8, 4) is 5.75 Å². The number of hydrogen-bond donors (Lipinski definition) is 2.